The fraction of sp³-hybridized carbons (Fsp3) is 0.417. The van der Waals surface area contributed by atoms with E-state index in [0.29, 0.717) is 6.04 Å². The number of aryl methyl sites for hydroxylation is 1. The van der Waals surface area contributed by atoms with Crippen LogP contribution in [0.15, 0.2) is 48.5 Å². The van der Waals surface area contributed by atoms with Crippen molar-refractivity contribution < 1.29 is 0 Å². The van der Waals surface area contributed by atoms with Gasteiger partial charge in [-0.2, -0.15) is 0 Å². The first-order valence-electron chi connectivity index (χ1n) is 10.4. The maximum atomic E-state index is 6.16. The molecule has 1 aliphatic rings. The summed E-state index contributed by atoms with van der Waals surface area (Å²) in [4.78, 5) is 6.23. The van der Waals surface area contributed by atoms with Crippen LogP contribution in [-0.2, 0) is 19.3 Å². The summed E-state index contributed by atoms with van der Waals surface area (Å²) in [5.41, 5.74) is 12.6. The number of hydrogen-bond donors (Lipinski definition) is 2. The third-order valence-electron chi connectivity index (χ3n) is 6.14. The summed E-state index contributed by atoms with van der Waals surface area (Å²) in [6.45, 7) is 4.63. The summed E-state index contributed by atoms with van der Waals surface area (Å²) in [7, 11) is 0. The van der Waals surface area contributed by atoms with Crippen LogP contribution in [0.2, 0.25) is 0 Å². The summed E-state index contributed by atoms with van der Waals surface area (Å²) >= 11 is 0. The quantitative estimate of drug-likeness (QED) is 0.462. The monoisotopic (exact) mass is 361 g/mol. The largest absolute Gasteiger partial charge is 0.398 e. The number of nitrogens with two attached hydrogens (primary N) is 1. The van der Waals surface area contributed by atoms with Gasteiger partial charge in [0.25, 0.3) is 0 Å². The maximum Gasteiger partial charge on any atom is 0.0456 e. The van der Waals surface area contributed by atoms with E-state index >= 15 is 0 Å². The van der Waals surface area contributed by atoms with Gasteiger partial charge in [-0.05, 0) is 86.3 Å². The van der Waals surface area contributed by atoms with Gasteiger partial charge in [0.2, 0.25) is 0 Å². The van der Waals surface area contributed by atoms with Crippen LogP contribution in [0.3, 0.4) is 0 Å². The second kappa shape index (κ2) is 8.18. The summed E-state index contributed by atoms with van der Waals surface area (Å²) in [5, 5.41) is 1.32. The Hall–Kier alpha value is -2.26. The van der Waals surface area contributed by atoms with E-state index in [1.54, 1.807) is 0 Å². The lowest BCUT2D eigenvalue weighted by Crippen LogP contribution is -2.40. The Kier molecular flexibility index (Phi) is 5.49. The van der Waals surface area contributed by atoms with E-state index < -0.39 is 0 Å². The lowest BCUT2D eigenvalue weighted by atomic mass is 9.86. The molecule has 1 heterocycles. The van der Waals surface area contributed by atoms with Crippen molar-refractivity contribution >= 4 is 16.6 Å². The van der Waals surface area contributed by atoms with E-state index in [0.717, 1.165) is 31.5 Å². The number of fused-ring (bicyclic) bond motifs is 2. The molecule has 27 heavy (non-hydrogen) atoms. The number of likely N-dealkylation sites (N-methyl/N-ethyl adjacent to an activating group) is 1. The van der Waals surface area contributed by atoms with Gasteiger partial charge in [-0.1, -0.05) is 37.3 Å². The van der Waals surface area contributed by atoms with Gasteiger partial charge in [-0.25, -0.2) is 0 Å². The van der Waals surface area contributed by atoms with Crippen molar-refractivity contribution in [1.29, 1.82) is 0 Å². The number of aromatic nitrogens is 1. The Morgan fingerprint density at radius 2 is 2.00 bits per heavy atom. The minimum absolute atomic E-state index is 0.664. The number of H-pyrrole nitrogens is 1. The van der Waals surface area contributed by atoms with E-state index in [4.69, 9.17) is 5.73 Å². The fourth-order valence-corrected chi connectivity index (χ4v) is 4.63. The predicted octanol–water partition coefficient (Wildman–Crippen LogP) is 4.95. The van der Waals surface area contributed by atoms with Crippen molar-refractivity contribution in [2.45, 2.75) is 51.5 Å². The number of rotatable bonds is 7. The number of unbranched alkanes of at least 4 members (excludes halogenated alkanes) is 1. The van der Waals surface area contributed by atoms with Gasteiger partial charge >= 0.3 is 0 Å². The zero-order valence-electron chi connectivity index (χ0n) is 16.4. The van der Waals surface area contributed by atoms with Gasteiger partial charge in [0, 0.05) is 22.9 Å². The molecular formula is C24H31N3. The zero-order valence-corrected chi connectivity index (χ0v) is 16.4. The summed E-state index contributed by atoms with van der Waals surface area (Å²) in [6.07, 6.45) is 7.13. The molecule has 2 aromatic carbocycles. The first-order valence-corrected chi connectivity index (χ1v) is 10.4. The number of hydrogen-bond acceptors (Lipinski definition) is 2. The van der Waals surface area contributed by atoms with Crippen molar-refractivity contribution in [1.82, 2.24) is 9.88 Å². The molecule has 3 heteroatoms. The van der Waals surface area contributed by atoms with Gasteiger partial charge < -0.3 is 15.6 Å². The van der Waals surface area contributed by atoms with E-state index in [1.807, 2.05) is 6.07 Å². The van der Waals surface area contributed by atoms with Crippen LogP contribution in [0.5, 0.6) is 0 Å². The normalized spacial score (nSPS) is 16.7. The average molecular weight is 362 g/mol. The molecule has 0 radical (unpaired) electrons. The third-order valence-corrected chi connectivity index (χ3v) is 6.14. The van der Waals surface area contributed by atoms with Crippen LogP contribution in [-0.4, -0.2) is 29.0 Å². The van der Waals surface area contributed by atoms with Crippen LogP contribution >= 0.6 is 0 Å². The third kappa shape index (κ3) is 4.03. The molecule has 1 atom stereocenters. The number of anilines is 1. The fourth-order valence-electron chi connectivity index (χ4n) is 4.63. The highest BCUT2D eigenvalue weighted by Gasteiger charge is 2.24. The molecule has 3 N–H and O–H groups in total. The standard InChI is InChI=1S/C24H31N3/c1-2-27(21-13-14-22-18(17-21)9-7-11-23(22)25)15-6-5-10-20-16-19-8-3-4-12-24(19)26-20/h3-4,7-9,11-12,16,21,26H,2,5-6,10,13-15,17,25H2,1H3. The highest BCUT2D eigenvalue weighted by Crippen LogP contribution is 2.28. The molecule has 1 aromatic heterocycles. The zero-order chi connectivity index (χ0) is 18.6. The molecule has 4 rings (SSSR count). The minimum Gasteiger partial charge on any atom is -0.398 e. The van der Waals surface area contributed by atoms with Crippen LogP contribution in [0.4, 0.5) is 5.69 Å². The lowest BCUT2D eigenvalue weighted by Gasteiger charge is -2.35. The Morgan fingerprint density at radius 3 is 2.85 bits per heavy atom. The van der Waals surface area contributed by atoms with Crippen LogP contribution < -0.4 is 5.73 Å². The van der Waals surface area contributed by atoms with Gasteiger partial charge in [0.15, 0.2) is 0 Å². The van der Waals surface area contributed by atoms with Crippen molar-refractivity contribution in [3.63, 3.8) is 0 Å². The number of nitrogen functional groups attached to an aromatic ring is 1. The minimum atomic E-state index is 0.664. The van der Waals surface area contributed by atoms with Crippen molar-refractivity contribution in [3.05, 3.63) is 65.4 Å². The summed E-state index contributed by atoms with van der Waals surface area (Å²) in [6, 6.07) is 17.9. The summed E-state index contributed by atoms with van der Waals surface area (Å²) in [5.74, 6) is 0. The van der Waals surface area contributed by atoms with Gasteiger partial charge in [0.1, 0.15) is 0 Å². The van der Waals surface area contributed by atoms with Crippen LogP contribution in [0, 0.1) is 0 Å². The van der Waals surface area contributed by atoms with Crippen LogP contribution in [0.25, 0.3) is 10.9 Å². The van der Waals surface area contributed by atoms with Crippen molar-refractivity contribution in [2.75, 3.05) is 18.8 Å². The Morgan fingerprint density at radius 1 is 1.11 bits per heavy atom. The molecule has 0 saturated heterocycles. The second-order valence-electron chi connectivity index (χ2n) is 7.85. The van der Waals surface area contributed by atoms with Crippen LogP contribution in [0.1, 0.15) is 43.0 Å². The molecule has 1 aliphatic carbocycles. The predicted molar refractivity (Wildman–Crippen MR) is 115 cm³/mol. The van der Waals surface area contributed by atoms with E-state index in [2.05, 4.69) is 59.3 Å². The summed E-state index contributed by atoms with van der Waals surface area (Å²) < 4.78 is 0. The molecule has 0 bridgehead atoms. The number of benzene rings is 2. The topological polar surface area (TPSA) is 45.0 Å². The van der Waals surface area contributed by atoms with Gasteiger partial charge in [-0.15, -0.1) is 0 Å². The highest BCUT2D eigenvalue weighted by molar-refractivity contribution is 5.80. The lowest BCUT2D eigenvalue weighted by molar-refractivity contribution is 0.185. The first kappa shape index (κ1) is 18.1. The molecule has 0 spiro atoms. The second-order valence-corrected chi connectivity index (χ2v) is 7.85. The van der Waals surface area contributed by atoms with Gasteiger partial charge in [-0.3, -0.25) is 0 Å². The maximum absolute atomic E-state index is 6.16. The first-order chi connectivity index (χ1) is 13.2. The molecule has 1 unspecified atom stereocenters. The van der Waals surface area contributed by atoms with Crippen molar-refractivity contribution in [3.8, 4) is 0 Å². The Bertz CT molecular complexity index is 863. The van der Waals surface area contributed by atoms with E-state index in [-0.39, 0.29) is 0 Å². The number of para-hydroxylation sites is 1. The SMILES string of the molecule is CCN(CCCCc1cc2ccccc2[nH]1)C1CCc2c(N)cccc2C1. The molecule has 0 saturated carbocycles. The Balaban J connectivity index is 1.29. The van der Waals surface area contributed by atoms with E-state index in [9.17, 15) is 0 Å². The molecule has 3 nitrogen and oxygen atoms in total. The number of aromatic amines is 1. The Labute approximate surface area is 162 Å². The average Bonchev–Trinajstić information content (AvgIpc) is 3.11. The van der Waals surface area contributed by atoms with E-state index in [1.165, 1.54) is 53.5 Å². The number of nitrogens with zero attached hydrogens (tertiary/aromatic N) is 1. The molecule has 0 amide bonds. The molecule has 0 fully saturated rings. The van der Waals surface area contributed by atoms with Gasteiger partial charge in [0.05, 0.1) is 0 Å². The molecule has 3 aromatic rings. The van der Waals surface area contributed by atoms with Crippen molar-refractivity contribution in [2.24, 2.45) is 0 Å². The molecule has 0 aliphatic heterocycles. The smallest absolute Gasteiger partial charge is 0.0456 e. The number of nitrogens with one attached hydrogen (secondary N) is 1. The highest BCUT2D eigenvalue weighted by atomic mass is 15.1. The molecule has 142 valence electrons. The molecular weight excluding hydrogens is 330 g/mol.